The van der Waals surface area contributed by atoms with Gasteiger partial charge in [-0.1, -0.05) is 0 Å². The second-order valence-corrected chi connectivity index (χ2v) is 7.86. The zero-order chi connectivity index (χ0) is 18.8. The number of nitrogens with one attached hydrogen (secondary N) is 1. The molecule has 2 fully saturated rings. The number of hydrogen-bond acceptors (Lipinski definition) is 5. The van der Waals surface area contributed by atoms with Crippen molar-refractivity contribution in [1.82, 2.24) is 24.6 Å². The number of aryl methyl sites for hydroxylation is 2. The van der Waals surface area contributed by atoms with Crippen LogP contribution in [0.25, 0.3) is 0 Å². The standard InChI is InChI=1S/C20H30N6O/c1-3-26-14-17(15(2)23-26)13-24-8-6-7-16(12-24)18-11-19(27)22-20(21-18)25-9-4-5-10-25/h11,14,16H,3-10,12-13H2,1-2H3,(H,21,22,27). The van der Waals surface area contributed by atoms with Gasteiger partial charge < -0.3 is 4.90 Å². The molecule has 2 saturated heterocycles. The molecule has 1 N–H and O–H groups in total. The van der Waals surface area contributed by atoms with E-state index in [1.165, 1.54) is 18.4 Å². The van der Waals surface area contributed by atoms with E-state index in [1.807, 2.05) is 4.68 Å². The zero-order valence-corrected chi connectivity index (χ0v) is 16.4. The van der Waals surface area contributed by atoms with Crippen LogP contribution in [0.15, 0.2) is 17.1 Å². The number of aromatic nitrogens is 4. The number of rotatable bonds is 5. The number of hydrogen-bond donors (Lipinski definition) is 1. The third-order valence-corrected chi connectivity index (χ3v) is 5.84. The Bertz CT molecular complexity index is 835. The van der Waals surface area contributed by atoms with Gasteiger partial charge in [0.25, 0.3) is 5.56 Å². The van der Waals surface area contributed by atoms with Crippen LogP contribution in [0.1, 0.15) is 55.5 Å². The third-order valence-electron chi connectivity index (χ3n) is 5.84. The summed E-state index contributed by atoms with van der Waals surface area (Å²) in [4.78, 5) is 24.7. The molecule has 2 aromatic heterocycles. The molecular weight excluding hydrogens is 340 g/mol. The quantitative estimate of drug-likeness (QED) is 0.874. The van der Waals surface area contributed by atoms with Gasteiger partial charge >= 0.3 is 0 Å². The van der Waals surface area contributed by atoms with Gasteiger partial charge in [0.1, 0.15) is 0 Å². The summed E-state index contributed by atoms with van der Waals surface area (Å²) >= 11 is 0. The van der Waals surface area contributed by atoms with E-state index in [1.54, 1.807) is 6.07 Å². The summed E-state index contributed by atoms with van der Waals surface area (Å²) in [7, 11) is 0. The van der Waals surface area contributed by atoms with Crippen LogP contribution in [0.3, 0.4) is 0 Å². The van der Waals surface area contributed by atoms with E-state index >= 15 is 0 Å². The van der Waals surface area contributed by atoms with Crippen molar-refractivity contribution in [3.8, 4) is 0 Å². The van der Waals surface area contributed by atoms with E-state index in [2.05, 4.69) is 39.9 Å². The Balaban J connectivity index is 1.49. The molecule has 4 heterocycles. The number of anilines is 1. The van der Waals surface area contributed by atoms with E-state index in [9.17, 15) is 4.79 Å². The summed E-state index contributed by atoms with van der Waals surface area (Å²) in [6.45, 7) is 10.0. The van der Waals surface area contributed by atoms with Crippen LogP contribution >= 0.6 is 0 Å². The van der Waals surface area contributed by atoms with Gasteiger partial charge in [0.15, 0.2) is 0 Å². The Labute approximate surface area is 160 Å². The minimum absolute atomic E-state index is 0.0286. The Hall–Kier alpha value is -2.15. The molecule has 2 aliphatic heterocycles. The first kappa shape index (κ1) is 18.2. The minimum Gasteiger partial charge on any atom is -0.342 e. The highest BCUT2D eigenvalue weighted by atomic mass is 16.1. The predicted octanol–water partition coefficient (Wildman–Crippen LogP) is 2.27. The van der Waals surface area contributed by atoms with Gasteiger partial charge in [-0.25, -0.2) is 4.98 Å². The van der Waals surface area contributed by atoms with Gasteiger partial charge in [-0.05, 0) is 46.1 Å². The molecule has 2 aromatic rings. The van der Waals surface area contributed by atoms with Crippen LogP contribution in [0, 0.1) is 6.92 Å². The average molecular weight is 371 g/mol. The van der Waals surface area contributed by atoms with E-state index in [-0.39, 0.29) is 5.56 Å². The number of nitrogens with zero attached hydrogens (tertiary/aromatic N) is 5. The lowest BCUT2D eigenvalue weighted by atomic mass is 9.94. The van der Waals surface area contributed by atoms with Crippen LogP contribution in [0.4, 0.5) is 5.95 Å². The predicted molar refractivity (Wildman–Crippen MR) is 106 cm³/mol. The van der Waals surface area contributed by atoms with Crippen LogP contribution in [-0.4, -0.2) is 50.8 Å². The van der Waals surface area contributed by atoms with Crippen molar-refractivity contribution in [3.63, 3.8) is 0 Å². The molecule has 0 saturated carbocycles. The summed E-state index contributed by atoms with van der Waals surface area (Å²) in [5, 5.41) is 4.57. The Kier molecular flexibility index (Phi) is 5.29. The number of likely N-dealkylation sites (tertiary alicyclic amines) is 1. The van der Waals surface area contributed by atoms with E-state index in [0.717, 1.165) is 69.4 Å². The molecule has 4 rings (SSSR count). The lowest BCUT2D eigenvalue weighted by Gasteiger charge is -2.32. The van der Waals surface area contributed by atoms with Crippen molar-refractivity contribution in [3.05, 3.63) is 39.6 Å². The van der Waals surface area contributed by atoms with Crippen LogP contribution in [0.2, 0.25) is 0 Å². The fourth-order valence-electron chi connectivity index (χ4n) is 4.31. The van der Waals surface area contributed by atoms with Crippen molar-refractivity contribution in [2.45, 2.75) is 58.5 Å². The Morgan fingerprint density at radius 2 is 2.04 bits per heavy atom. The molecule has 7 heteroatoms. The maximum atomic E-state index is 12.2. The van der Waals surface area contributed by atoms with Crippen LogP contribution < -0.4 is 10.5 Å². The number of piperidine rings is 1. The van der Waals surface area contributed by atoms with E-state index < -0.39 is 0 Å². The molecule has 27 heavy (non-hydrogen) atoms. The molecule has 2 aliphatic rings. The highest BCUT2D eigenvalue weighted by Crippen LogP contribution is 2.27. The van der Waals surface area contributed by atoms with Gasteiger partial charge in [0.2, 0.25) is 5.95 Å². The summed E-state index contributed by atoms with van der Waals surface area (Å²) in [5.41, 5.74) is 3.34. The summed E-state index contributed by atoms with van der Waals surface area (Å²) in [5.74, 6) is 1.08. The van der Waals surface area contributed by atoms with Gasteiger partial charge in [0.05, 0.1) is 11.4 Å². The molecule has 7 nitrogen and oxygen atoms in total. The molecule has 0 radical (unpaired) electrons. The fraction of sp³-hybridized carbons (Fsp3) is 0.650. The normalized spacial score (nSPS) is 21.1. The molecule has 1 unspecified atom stereocenters. The molecule has 0 aromatic carbocycles. The van der Waals surface area contributed by atoms with E-state index in [0.29, 0.717) is 5.92 Å². The molecule has 0 aliphatic carbocycles. The SMILES string of the molecule is CCn1cc(CN2CCCC(c3cc(=O)[nH]c(N4CCCC4)n3)C2)c(C)n1. The Morgan fingerprint density at radius 3 is 2.78 bits per heavy atom. The first-order chi connectivity index (χ1) is 13.1. The summed E-state index contributed by atoms with van der Waals surface area (Å²) in [6.07, 6.45) is 6.75. The summed E-state index contributed by atoms with van der Waals surface area (Å²) < 4.78 is 2.01. The smallest absolute Gasteiger partial charge is 0.252 e. The first-order valence-electron chi connectivity index (χ1n) is 10.2. The maximum Gasteiger partial charge on any atom is 0.252 e. The molecule has 1 atom stereocenters. The number of H-pyrrole nitrogens is 1. The molecule has 0 spiro atoms. The second kappa shape index (κ2) is 7.84. The van der Waals surface area contributed by atoms with Crippen molar-refractivity contribution in [2.24, 2.45) is 0 Å². The molecular formula is C20H30N6O. The molecule has 0 bridgehead atoms. The van der Waals surface area contributed by atoms with Crippen molar-refractivity contribution in [1.29, 1.82) is 0 Å². The van der Waals surface area contributed by atoms with Gasteiger partial charge in [-0.2, -0.15) is 5.10 Å². The zero-order valence-electron chi connectivity index (χ0n) is 16.4. The number of aromatic amines is 1. The van der Waals surface area contributed by atoms with Gasteiger partial charge in [-0.15, -0.1) is 0 Å². The molecule has 0 amide bonds. The Morgan fingerprint density at radius 1 is 1.22 bits per heavy atom. The van der Waals surface area contributed by atoms with Gasteiger partial charge in [0, 0.05) is 56.5 Å². The first-order valence-corrected chi connectivity index (χ1v) is 10.2. The lowest BCUT2D eigenvalue weighted by molar-refractivity contribution is 0.198. The maximum absolute atomic E-state index is 12.2. The summed E-state index contributed by atoms with van der Waals surface area (Å²) in [6, 6.07) is 1.70. The highest BCUT2D eigenvalue weighted by molar-refractivity contribution is 5.32. The minimum atomic E-state index is -0.0286. The van der Waals surface area contributed by atoms with Gasteiger partial charge in [-0.3, -0.25) is 19.4 Å². The monoisotopic (exact) mass is 370 g/mol. The van der Waals surface area contributed by atoms with Crippen molar-refractivity contribution < 1.29 is 0 Å². The molecule has 146 valence electrons. The third kappa shape index (κ3) is 4.08. The highest BCUT2D eigenvalue weighted by Gasteiger charge is 2.25. The largest absolute Gasteiger partial charge is 0.342 e. The lowest BCUT2D eigenvalue weighted by Crippen LogP contribution is -2.35. The second-order valence-electron chi connectivity index (χ2n) is 7.86. The van der Waals surface area contributed by atoms with E-state index in [4.69, 9.17) is 4.98 Å². The average Bonchev–Trinajstić information content (AvgIpc) is 3.32. The van der Waals surface area contributed by atoms with Crippen molar-refractivity contribution >= 4 is 5.95 Å². The fourth-order valence-corrected chi connectivity index (χ4v) is 4.31. The van der Waals surface area contributed by atoms with Crippen LogP contribution in [-0.2, 0) is 13.1 Å². The van der Waals surface area contributed by atoms with Crippen molar-refractivity contribution in [2.75, 3.05) is 31.1 Å². The van der Waals surface area contributed by atoms with Crippen LogP contribution in [0.5, 0.6) is 0 Å². The topological polar surface area (TPSA) is 70.1 Å².